The lowest BCUT2D eigenvalue weighted by Crippen LogP contribution is -2.01. The van der Waals surface area contributed by atoms with Gasteiger partial charge in [0, 0.05) is 5.69 Å². The molecular formula is C18H18ClN3O. The zero-order chi connectivity index (χ0) is 15.5. The number of pyridine rings is 1. The van der Waals surface area contributed by atoms with Crippen LogP contribution in [-0.2, 0) is 13.0 Å². The summed E-state index contributed by atoms with van der Waals surface area (Å²) in [5, 5.41) is 9.01. The van der Waals surface area contributed by atoms with Gasteiger partial charge in [-0.05, 0) is 31.5 Å². The summed E-state index contributed by atoms with van der Waals surface area (Å²) >= 11 is 0. The number of hydrogen-bond acceptors (Lipinski definition) is 3. The van der Waals surface area contributed by atoms with Gasteiger partial charge in [-0.3, -0.25) is 4.40 Å². The maximum Gasteiger partial charge on any atom is 0.180 e. The zero-order valence-electron chi connectivity index (χ0n) is 13.1. The van der Waals surface area contributed by atoms with Crippen LogP contribution in [0.4, 0.5) is 0 Å². The van der Waals surface area contributed by atoms with Gasteiger partial charge in [0.25, 0.3) is 0 Å². The summed E-state index contributed by atoms with van der Waals surface area (Å²) < 4.78 is 7.95. The molecule has 2 aromatic heterocycles. The van der Waals surface area contributed by atoms with Gasteiger partial charge in [-0.2, -0.15) is 5.26 Å². The Balaban J connectivity index is 0.00000192. The lowest BCUT2D eigenvalue weighted by molar-refractivity contribution is 0.308. The second-order valence-corrected chi connectivity index (χ2v) is 5.25. The van der Waals surface area contributed by atoms with Gasteiger partial charge >= 0.3 is 0 Å². The smallest absolute Gasteiger partial charge is 0.180 e. The van der Waals surface area contributed by atoms with Gasteiger partial charge in [-0.25, -0.2) is 4.98 Å². The van der Waals surface area contributed by atoms with Crippen LogP contribution in [0.2, 0.25) is 0 Å². The number of aromatic nitrogens is 2. The van der Waals surface area contributed by atoms with Gasteiger partial charge in [0.1, 0.15) is 6.61 Å². The molecule has 0 aliphatic rings. The molecule has 0 bridgehead atoms. The molecule has 0 aliphatic heterocycles. The topological polar surface area (TPSA) is 50.3 Å². The number of aryl methyl sites for hydroxylation is 2. The van der Waals surface area contributed by atoms with E-state index in [-0.39, 0.29) is 12.4 Å². The molecule has 5 heteroatoms. The van der Waals surface area contributed by atoms with E-state index in [1.54, 1.807) is 0 Å². The normalized spacial score (nSPS) is 10.1. The number of fused-ring (bicyclic) bond motifs is 1. The molecule has 0 spiro atoms. The number of ether oxygens (including phenoxy) is 1. The zero-order valence-corrected chi connectivity index (χ0v) is 13.9. The number of imidazole rings is 1. The second kappa shape index (κ2) is 7.17. The third-order valence-corrected chi connectivity index (χ3v) is 3.71. The van der Waals surface area contributed by atoms with Crippen molar-refractivity contribution in [1.82, 2.24) is 9.38 Å². The molecule has 23 heavy (non-hydrogen) atoms. The van der Waals surface area contributed by atoms with Crippen molar-refractivity contribution in [1.29, 1.82) is 5.26 Å². The lowest BCUT2D eigenvalue weighted by atomic mass is 10.2. The minimum absolute atomic E-state index is 0. The van der Waals surface area contributed by atoms with Gasteiger partial charge in [-0.1, -0.05) is 30.3 Å². The molecule has 0 saturated carbocycles. The molecule has 0 amide bonds. The highest BCUT2D eigenvalue weighted by Gasteiger charge is 2.14. The fraction of sp³-hybridized carbons (Fsp3) is 0.222. The second-order valence-electron chi connectivity index (χ2n) is 5.25. The summed E-state index contributed by atoms with van der Waals surface area (Å²) in [5.41, 5.74) is 4.74. The van der Waals surface area contributed by atoms with E-state index in [1.165, 1.54) is 0 Å². The van der Waals surface area contributed by atoms with Crippen molar-refractivity contribution in [3.8, 4) is 11.8 Å². The molecule has 0 unspecified atom stereocenters. The number of rotatable bonds is 4. The van der Waals surface area contributed by atoms with Gasteiger partial charge < -0.3 is 4.74 Å². The highest BCUT2D eigenvalue weighted by Crippen LogP contribution is 2.25. The van der Waals surface area contributed by atoms with Crippen molar-refractivity contribution in [2.24, 2.45) is 0 Å². The third kappa shape index (κ3) is 3.30. The summed E-state index contributed by atoms with van der Waals surface area (Å²) in [7, 11) is 0. The van der Waals surface area contributed by atoms with Gasteiger partial charge in [-0.15, -0.1) is 12.4 Å². The van der Waals surface area contributed by atoms with Crippen molar-refractivity contribution in [2.45, 2.75) is 26.9 Å². The number of nitriles is 1. The SMILES string of the molecule is Cc1nc2c(OCc3ccccc3)ccc(C)n2c1CC#N.Cl. The van der Waals surface area contributed by atoms with E-state index >= 15 is 0 Å². The van der Waals surface area contributed by atoms with Crippen LogP contribution in [-0.4, -0.2) is 9.38 Å². The predicted molar refractivity (Wildman–Crippen MR) is 92.0 cm³/mol. The molecule has 3 rings (SSSR count). The quantitative estimate of drug-likeness (QED) is 0.727. The van der Waals surface area contributed by atoms with Crippen molar-refractivity contribution < 1.29 is 4.74 Å². The first-order chi connectivity index (χ1) is 10.7. The Labute approximate surface area is 141 Å². The van der Waals surface area contributed by atoms with Crippen LogP contribution in [0, 0.1) is 25.2 Å². The minimum Gasteiger partial charge on any atom is -0.485 e. The number of halogens is 1. The van der Waals surface area contributed by atoms with Crippen LogP contribution in [0.3, 0.4) is 0 Å². The van der Waals surface area contributed by atoms with Crippen LogP contribution in [0.1, 0.15) is 22.6 Å². The average Bonchev–Trinajstić information content (AvgIpc) is 2.86. The highest BCUT2D eigenvalue weighted by atomic mass is 35.5. The molecule has 0 aliphatic carbocycles. The summed E-state index contributed by atoms with van der Waals surface area (Å²) in [6, 6.07) is 16.2. The van der Waals surface area contributed by atoms with Gasteiger partial charge in [0.15, 0.2) is 11.4 Å². The van der Waals surface area contributed by atoms with Crippen molar-refractivity contribution >= 4 is 18.1 Å². The maximum absolute atomic E-state index is 9.01. The van der Waals surface area contributed by atoms with Crippen molar-refractivity contribution in [3.63, 3.8) is 0 Å². The van der Waals surface area contributed by atoms with Crippen LogP contribution < -0.4 is 4.74 Å². The molecular weight excluding hydrogens is 310 g/mol. The summed E-state index contributed by atoms with van der Waals surface area (Å²) in [6.45, 7) is 4.44. The minimum atomic E-state index is 0. The average molecular weight is 328 g/mol. The molecule has 4 nitrogen and oxygen atoms in total. The molecule has 1 aromatic carbocycles. The third-order valence-electron chi connectivity index (χ3n) is 3.71. The number of benzene rings is 1. The Morgan fingerprint density at radius 2 is 1.87 bits per heavy atom. The first-order valence-corrected chi connectivity index (χ1v) is 7.22. The van der Waals surface area contributed by atoms with Crippen LogP contribution in [0.25, 0.3) is 5.65 Å². The standard InChI is InChI=1S/C18H17N3O.ClH/c1-13-8-9-17(22-12-15-6-4-3-5-7-15)18-20-14(2)16(10-11-19)21(13)18;/h3-9H,10,12H2,1-2H3;1H. The summed E-state index contributed by atoms with van der Waals surface area (Å²) in [6.07, 6.45) is 0.343. The van der Waals surface area contributed by atoms with E-state index in [4.69, 9.17) is 10.00 Å². The van der Waals surface area contributed by atoms with E-state index in [1.807, 2.05) is 60.7 Å². The van der Waals surface area contributed by atoms with Crippen LogP contribution >= 0.6 is 12.4 Å². The Morgan fingerprint density at radius 3 is 2.57 bits per heavy atom. The van der Waals surface area contributed by atoms with Crippen LogP contribution in [0.5, 0.6) is 5.75 Å². The first-order valence-electron chi connectivity index (χ1n) is 7.22. The van der Waals surface area contributed by atoms with Crippen molar-refractivity contribution in [3.05, 3.63) is 65.1 Å². The maximum atomic E-state index is 9.01. The summed E-state index contributed by atoms with van der Waals surface area (Å²) in [5.74, 6) is 0.738. The molecule has 3 aromatic rings. The lowest BCUT2D eigenvalue weighted by Gasteiger charge is -2.10. The Kier molecular flexibility index (Phi) is 5.25. The predicted octanol–water partition coefficient (Wildman–Crippen LogP) is 4.02. The van der Waals surface area contributed by atoms with Gasteiger partial charge in [0.2, 0.25) is 0 Å². The number of nitrogens with zero attached hydrogens (tertiary/aromatic N) is 3. The van der Waals surface area contributed by atoms with E-state index in [0.717, 1.165) is 34.0 Å². The molecule has 0 fully saturated rings. The Hall–Kier alpha value is -2.51. The molecule has 118 valence electrons. The molecule has 0 radical (unpaired) electrons. The van der Waals surface area contributed by atoms with E-state index < -0.39 is 0 Å². The highest BCUT2D eigenvalue weighted by molar-refractivity contribution is 5.85. The largest absolute Gasteiger partial charge is 0.485 e. The van der Waals surface area contributed by atoms with E-state index in [0.29, 0.717) is 13.0 Å². The van der Waals surface area contributed by atoms with Crippen molar-refractivity contribution in [2.75, 3.05) is 0 Å². The fourth-order valence-corrected chi connectivity index (χ4v) is 2.58. The molecule has 0 atom stereocenters. The van der Waals surface area contributed by atoms with Crippen LogP contribution in [0.15, 0.2) is 42.5 Å². The Morgan fingerprint density at radius 1 is 1.13 bits per heavy atom. The first kappa shape index (κ1) is 16.9. The summed E-state index contributed by atoms with van der Waals surface area (Å²) in [4.78, 5) is 4.59. The van der Waals surface area contributed by atoms with E-state index in [2.05, 4.69) is 11.1 Å². The number of hydrogen-bond donors (Lipinski definition) is 0. The molecule has 0 N–H and O–H groups in total. The molecule has 2 heterocycles. The van der Waals surface area contributed by atoms with E-state index in [9.17, 15) is 0 Å². The van der Waals surface area contributed by atoms with Gasteiger partial charge in [0.05, 0.1) is 23.9 Å². The molecule has 0 saturated heterocycles. The fourth-order valence-electron chi connectivity index (χ4n) is 2.58. The Bertz CT molecular complexity index is 850. The monoisotopic (exact) mass is 327 g/mol.